The molecule has 2 fully saturated rings. The lowest BCUT2D eigenvalue weighted by Crippen LogP contribution is -2.56. The molecule has 43 heavy (non-hydrogen) atoms. The molecule has 224 valence electrons. The number of carbonyl (C=O) groups is 2. The van der Waals surface area contributed by atoms with Crippen molar-refractivity contribution in [3.8, 4) is 22.9 Å². The Bertz CT molecular complexity index is 1570. The Hall–Kier alpha value is -4.11. The number of alkyl halides is 2. The third-order valence-electron chi connectivity index (χ3n) is 7.21. The van der Waals surface area contributed by atoms with Crippen LogP contribution in [0.2, 0.25) is 0 Å². The van der Waals surface area contributed by atoms with Crippen LogP contribution in [0.5, 0.6) is 5.75 Å². The first-order valence-corrected chi connectivity index (χ1v) is 14.6. The molecule has 0 spiro atoms. The summed E-state index contributed by atoms with van der Waals surface area (Å²) in [6, 6.07) is 13.9. The van der Waals surface area contributed by atoms with Crippen LogP contribution in [-0.2, 0) is 9.53 Å². The predicted octanol–water partition coefficient (Wildman–Crippen LogP) is 6.54. The van der Waals surface area contributed by atoms with Gasteiger partial charge in [0.2, 0.25) is 5.91 Å². The van der Waals surface area contributed by atoms with Gasteiger partial charge in [-0.15, -0.1) is 0 Å². The number of nitriles is 1. The Morgan fingerprint density at radius 3 is 2.58 bits per heavy atom. The van der Waals surface area contributed by atoms with E-state index in [-0.39, 0.29) is 42.0 Å². The molecule has 2 aliphatic rings. The van der Waals surface area contributed by atoms with Gasteiger partial charge in [0, 0.05) is 31.3 Å². The van der Waals surface area contributed by atoms with Crippen molar-refractivity contribution in [2.75, 3.05) is 18.4 Å². The molecule has 1 aliphatic carbocycles. The predicted molar refractivity (Wildman–Crippen MR) is 158 cm³/mol. The van der Waals surface area contributed by atoms with Crippen LogP contribution in [0.4, 0.5) is 19.4 Å². The summed E-state index contributed by atoms with van der Waals surface area (Å²) in [4.78, 5) is 34.6. The molecule has 0 unspecified atom stereocenters. The SMILES string of the molecule is CC(C)(C)OC(=O)N1CC[C@H](Oc2ccc(-c3ccnc(NC(=O)[C@@H]4C[C@H]4c4ccc(Br)nc4)c3)cc2C#N)C(F)(F)C1. The maximum absolute atomic E-state index is 15.0. The van der Waals surface area contributed by atoms with Gasteiger partial charge in [-0.05, 0) is 96.1 Å². The van der Waals surface area contributed by atoms with Gasteiger partial charge < -0.3 is 19.7 Å². The standard InChI is InChI=1S/C31H30BrF2N5O4/c1-30(2,3)43-29(41)39-11-9-25(31(33,34)17-39)42-24-6-4-18(12-21(24)15-35)19-8-10-36-27(13-19)38-28(40)23-14-22(23)20-5-7-26(32)37-16-20/h4-8,10,12-13,16,22-23,25H,9,11,14,17H2,1-3H3,(H,36,38,40)/t22-,23+,25-/m0/s1. The van der Waals surface area contributed by atoms with Crippen molar-refractivity contribution in [2.45, 2.75) is 57.2 Å². The van der Waals surface area contributed by atoms with Crippen molar-refractivity contribution in [1.82, 2.24) is 14.9 Å². The van der Waals surface area contributed by atoms with E-state index in [2.05, 4.69) is 31.2 Å². The molecule has 1 aliphatic heterocycles. The van der Waals surface area contributed by atoms with Gasteiger partial charge in [0.1, 0.15) is 27.8 Å². The average molecular weight is 655 g/mol. The van der Waals surface area contributed by atoms with Gasteiger partial charge in [-0.2, -0.15) is 5.26 Å². The number of amides is 2. The van der Waals surface area contributed by atoms with Gasteiger partial charge in [-0.1, -0.05) is 12.1 Å². The monoisotopic (exact) mass is 653 g/mol. The van der Waals surface area contributed by atoms with Crippen LogP contribution >= 0.6 is 15.9 Å². The highest BCUT2D eigenvalue weighted by Crippen LogP contribution is 2.48. The summed E-state index contributed by atoms with van der Waals surface area (Å²) in [5, 5.41) is 12.6. The molecule has 5 rings (SSSR count). The van der Waals surface area contributed by atoms with E-state index in [9.17, 15) is 14.9 Å². The van der Waals surface area contributed by atoms with Crippen molar-refractivity contribution in [2.24, 2.45) is 5.92 Å². The molecular formula is C31H30BrF2N5O4. The molecule has 2 aromatic heterocycles. The largest absolute Gasteiger partial charge is 0.483 e. The van der Waals surface area contributed by atoms with Crippen molar-refractivity contribution in [1.29, 1.82) is 5.26 Å². The Labute approximate surface area is 256 Å². The number of aromatic nitrogens is 2. The number of rotatable bonds is 6. The van der Waals surface area contributed by atoms with Crippen molar-refractivity contribution in [3.05, 3.63) is 70.6 Å². The Morgan fingerprint density at radius 2 is 1.91 bits per heavy atom. The summed E-state index contributed by atoms with van der Waals surface area (Å²) >= 11 is 3.31. The molecule has 3 heterocycles. The third kappa shape index (κ3) is 7.28. The summed E-state index contributed by atoms with van der Waals surface area (Å²) in [5.74, 6) is -3.19. The first kappa shape index (κ1) is 30.4. The summed E-state index contributed by atoms with van der Waals surface area (Å²) < 4.78 is 41.6. The van der Waals surface area contributed by atoms with Gasteiger partial charge >= 0.3 is 12.0 Å². The van der Waals surface area contributed by atoms with E-state index >= 15 is 8.78 Å². The van der Waals surface area contributed by atoms with E-state index in [4.69, 9.17) is 9.47 Å². The van der Waals surface area contributed by atoms with Crippen LogP contribution in [-0.4, -0.2) is 57.6 Å². The summed E-state index contributed by atoms with van der Waals surface area (Å²) in [7, 11) is 0. The molecule has 1 saturated carbocycles. The fourth-order valence-electron chi connectivity index (χ4n) is 4.96. The quantitative estimate of drug-likeness (QED) is 0.300. The molecule has 9 nitrogen and oxygen atoms in total. The maximum atomic E-state index is 15.0. The van der Waals surface area contributed by atoms with E-state index in [0.29, 0.717) is 16.9 Å². The van der Waals surface area contributed by atoms with Gasteiger partial charge in [0.25, 0.3) is 0 Å². The number of hydrogen-bond donors (Lipinski definition) is 1. The first-order chi connectivity index (χ1) is 20.3. The number of ether oxygens (including phenoxy) is 2. The van der Waals surface area contributed by atoms with Crippen LogP contribution in [0.25, 0.3) is 11.1 Å². The number of benzene rings is 1. The molecule has 2 amide bonds. The van der Waals surface area contributed by atoms with Crippen LogP contribution in [0.15, 0.2) is 59.5 Å². The van der Waals surface area contributed by atoms with Gasteiger partial charge in [0.15, 0.2) is 6.10 Å². The Kier molecular flexibility index (Phi) is 8.38. The molecule has 0 radical (unpaired) electrons. The third-order valence-corrected chi connectivity index (χ3v) is 7.67. The second kappa shape index (κ2) is 11.9. The highest BCUT2D eigenvalue weighted by atomic mass is 79.9. The summed E-state index contributed by atoms with van der Waals surface area (Å²) in [6.45, 7) is 4.19. The molecule has 0 bridgehead atoms. The van der Waals surface area contributed by atoms with Gasteiger partial charge in [-0.3, -0.25) is 4.79 Å². The highest BCUT2D eigenvalue weighted by molar-refractivity contribution is 9.10. The number of pyridine rings is 2. The number of piperidine rings is 1. The van der Waals surface area contributed by atoms with E-state index in [1.165, 1.54) is 6.07 Å². The number of halogens is 3. The lowest BCUT2D eigenvalue weighted by Gasteiger charge is -2.38. The molecule has 12 heteroatoms. The van der Waals surface area contributed by atoms with E-state index in [1.807, 2.05) is 18.2 Å². The van der Waals surface area contributed by atoms with Crippen molar-refractivity contribution in [3.63, 3.8) is 0 Å². The summed E-state index contributed by atoms with van der Waals surface area (Å²) in [5.41, 5.74) is 1.58. The fraction of sp³-hybridized carbons (Fsp3) is 0.387. The Morgan fingerprint density at radius 1 is 1.14 bits per heavy atom. The minimum absolute atomic E-state index is 0.0198. The van der Waals surface area contributed by atoms with Crippen molar-refractivity contribution < 1.29 is 27.8 Å². The molecule has 1 aromatic carbocycles. The van der Waals surface area contributed by atoms with Gasteiger partial charge in [0.05, 0.1) is 12.1 Å². The zero-order chi connectivity index (χ0) is 30.9. The number of carbonyl (C=O) groups excluding carboxylic acids is 2. The number of nitrogens with one attached hydrogen (secondary N) is 1. The Balaban J connectivity index is 1.24. The van der Waals surface area contributed by atoms with Crippen LogP contribution in [0, 0.1) is 17.2 Å². The smallest absolute Gasteiger partial charge is 0.410 e. The zero-order valence-corrected chi connectivity index (χ0v) is 25.4. The topological polar surface area (TPSA) is 117 Å². The first-order valence-electron chi connectivity index (χ1n) is 13.8. The number of likely N-dealkylation sites (tertiary alicyclic amines) is 1. The van der Waals surface area contributed by atoms with E-state index in [1.54, 1.807) is 57.4 Å². The lowest BCUT2D eigenvalue weighted by molar-refractivity contribution is -0.137. The second-order valence-corrected chi connectivity index (χ2v) is 12.5. The molecule has 1 N–H and O–H groups in total. The second-order valence-electron chi connectivity index (χ2n) is 11.7. The average Bonchev–Trinajstić information content (AvgIpc) is 3.75. The van der Waals surface area contributed by atoms with Crippen LogP contribution < -0.4 is 10.1 Å². The molecule has 1 saturated heterocycles. The minimum Gasteiger partial charge on any atom is -0.483 e. The van der Waals surface area contributed by atoms with E-state index in [0.717, 1.165) is 21.5 Å². The number of anilines is 1. The normalized spacial score (nSPS) is 21.0. The number of nitrogens with zero attached hydrogens (tertiary/aromatic N) is 4. The number of hydrogen-bond acceptors (Lipinski definition) is 7. The molecular weight excluding hydrogens is 624 g/mol. The minimum atomic E-state index is -3.35. The van der Waals surface area contributed by atoms with Crippen LogP contribution in [0.3, 0.4) is 0 Å². The fourth-order valence-corrected chi connectivity index (χ4v) is 5.19. The molecule has 3 aromatic rings. The summed E-state index contributed by atoms with van der Waals surface area (Å²) in [6.07, 6.45) is 1.57. The van der Waals surface area contributed by atoms with E-state index < -0.39 is 30.3 Å². The van der Waals surface area contributed by atoms with Crippen molar-refractivity contribution >= 4 is 33.7 Å². The lowest BCUT2D eigenvalue weighted by atomic mass is 10.0. The van der Waals surface area contributed by atoms with Gasteiger partial charge in [-0.25, -0.2) is 23.5 Å². The van der Waals surface area contributed by atoms with Crippen LogP contribution in [0.1, 0.15) is 50.7 Å². The zero-order valence-electron chi connectivity index (χ0n) is 23.8. The highest BCUT2D eigenvalue weighted by Gasteiger charge is 2.48. The maximum Gasteiger partial charge on any atom is 0.410 e. The molecule has 3 atom stereocenters.